The fraction of sp³-hybridized carbons (Fsp3) is 0.394. The monoisotopic (exact) mass is 596 g/mol. The van der Waals surface area contributed by atoms with E-state index in [1.54, 1.807) is 13.8 Å². The van der Waals surface area contributed by atoms with Crippen molar-refractivity contribution >= 4 is 7.60 Å². The van der Waals surface area contributed by atoms with Gasteiger partial charge in [0.2, 0.25) is 0 Å². The third-order valence-electron chi connectivity index (χ3n) is 7.77. The number of hydrogen-bond donors (Lipinski definition) is 3. The maximum Gasteiger partial charge on any atom is 0.353 e. The van der Waals surface area contributed by atoms with E-state index in [1.165, 1.54) is 19.0 Å². The summed E-state index contributed by atoms with van der Waals surface area (Å²) in [6.07, 6.45) is -1.60. The summed E-state index contributed by atoms with van der Waals surface area (Å²) in [5, 5.41) is 38.4. The molecule has 1 aliphatic rings. The van der Waals surface area contributed by atoms with Crippen LogP contribution in [0.5, 0.6) is 0 Å². The first-order chi connectivity index (χ1) is 20.1. The van der Waals surface area contributed by atoms with Gasteiger partial charge in [-0.25, -0.2) is 0 Å². The molecular weight excluding hydrogens is 555 g/mol. The van der Waals surface area contributed by atoms with Crippen molar-refractivity contribution in [3.05, 3.63) is 120 Å². The number of aliphatic hydroxyl groups is 3. The molecule has 3 aromatic carbocycles. The Kier molecular flexibility index (Phi) is 10.6. The lowest BCUT2D eigenvalue weighted by molar-refractivity contribution is -0.389. The third-order valence-corrected chi connectivity index (χ3v) is 9.55. The molecule has 4 rings (SSSR count). The molecule has 0 amide bonds. The van der Waals surface area contributed by atoms with E-state index in [0.29, 0.717) is 16.7 Å². The molecule has 5 atom stereocenters. The molecule has 0 unspecified atom stereocenters. The van der Waals surface area contributed by atoms with E-state index < -0.39 is 36.8 Å². The van der Waals surface area contributed by atoms with E-state index in [-0.39, 0.29) is 32.5 Å². The lowest BCUT2D eigenvalue weighted by Crippen LogP contribution is -2.81. The zero-order valence-corrected chi connectivity index (χ0v) is 25.2. The summed E-state index contributed by atoms with van der Waals surface area (Å²) in [4.78, 5) is 0. The molecule has 1 heterocycles. The smallest absolute Gasteiger partial charge is 0.353 e. The topological polar surface area (TPSA) is 115 Å². The minimum absolute atomic E-state index is 0.0837. The second-order valence-electron chi connectivity index (χ2n) is 10.5. The maximum atomic E-state index is 13.4. The van der Waals surface area contributed by atoms with E-state index in [1.807, 2.05) is 91.0 Å². The van der Waals surface area contributed by atoms with Gasteiger partial charge in [-0.1, -0.05) is 91.0 Å². The highest BCUT2D eigenvalue weighted by Crippen LogP contribution is 2.53. The summed E-state index contributed by atoms with van der Waals surface area (Å²) in [7, 11) is -2.33. The summed E-state index contributed by atoms with van der Waals surface area (Å²) in [6.45, 7) is 3.67. The molecule has 1 aliphatic heterocycles. The van der Waals surface area contributed by atoms with Crippen molar-refractivity contribution in [2.75, 3.05) is 20.3 Å². The summed E-state index contributed by atoms with van der Waals surface area (Å²) in [5.74, 6) is 1.25. The van der Waals surface area contributed by atoms with Gasteiger partial charge in [-0.15, -0.1) is 0 Å². The number of rotatable bonds is 13. The Labute approximate surface area is 248 Å². The zero-order valence-electron chi connectivity index (χ0n) is 24.3. The van der Waals surface area contributed by atoms with Crippen molar-refractivity contribution in [3.63, 3.8) is 0 Å². The van der Waals surface area contributed by atoms with E-state index in [4.69, 9.17) is 18.5 Å². The average molecular weight is 597 g/mol. The van der Waals surface area contributed by atoms with Gasteiger partial charge in [-0.2, -0.15) is 0 Å². The van der Waals surface area contributed by atoms with E-state index in [0.717, 1.165) is 0 Å². The molecule has 0 bridgehead atoms. The summed E-state index contributed by atoms with van der Waals surface area (Å²) in [6, 6.07) is 27.5. The Morgan fingerprint density at radius 3 is 1.60 bits per heavy atom. The van der Waals surface area contributed by atoms with Crippen molar-refractivity contribution in [1.29, 1.82) is 0 Å². The molecule has 0 radical (unpaired) electrons. The second-order valence-corrected chi connectivity index (χ2v) is 12.4. The van der Waals surface area contributed by atoms with Gasteiger partial charge in [-0.05, 0) is 36.6 Å². The molecule has 0 spiro atoms. The highest BCUT2D eigenvalue weighted by molar-refractivity contribution is 7.57. The van der Waals surface area contributed by atoms with Crippen LogP contribution in [0.3, 0.4) is 0 Å². The standard InChI is InChI=1S/C33H41O8P/c1-4-39-42(37,40-5-2)22-21-29-31(34,23-26-15-9-6-10-16-26)33(36,25-28-19-13-8-14-20-28)32(35,30(38-3)41-29)24-27-17-11-7-12-18-27/h6-22,29-30,34-36H,4-5,23-25H2,1-3H3/t29-,30+,31-,32-,33+/m0/s1. The quantitative estimate of drug-likeness (QED) is 0.235. The third kappa shape index (κ3) is 6.62. The van der Waals surface area contributed by atoms with Crippen LogP contribution in [0.15, 0.2) is 103 Å². The van der Waals surface area contributed by atoms with Crippen LogP contribution in [-0.4, -0.2) is 64.8 Å². The highest BCUT2D eigenvalue weighted by atomic mass is 31.2. The predicted molar refractivity (Wildman–Crippen MR) is 161 cm³/mol. The highest BCUT2D eigenvalue weighted by Gasteiger charge is 2.71. The Hall–Kier alpha value is -2.65. The molecule has 3 N–H and O–H groups in total. The number of hydrogen-bond acceptors (Lipinski definition) is 8. The molecule has 9 heteroatoms. The van der Waals surface area contributed by atoms with Crippen LogP contribution in [0.25, 0.3) is 0 Å². The number of methoxy groups -OCH3 is 1. The number of ether oxygens (including phenoxy) is 2. The van der Waals surface area contributed by atoms with Crippen molar-refractivity contribution in [2.24, 2.45) is 0 Å². The molecule has 1 fully saturated rings. The van der Waals surface area contributed by atoms with Gasteiger partial charge in [0.05, 0.1) is 13.2 Å². The normalized spacial score (nSPS) is 28.2. The largest absolute Gasteiger partial charge is 0.383 e. The van der Waals surface area contributed by atoms with Crippen LogP contribution in [-0.2, 0) is 42.3 Å². The molecule has 42 heavy (non-hydrogen) atoms. The van der Waals surface area contributed by atoms with Crippen molar-refractivity contribution in [1.82, 2.24) is 0 Å². The van der Waals surface area contributed by atoms with Crippen molar-refractivity contribution in [2.45, 2.75) is 62.3 Å². The fourth-order valence-corrected chi connectivity index (χ4v) is 7.11. The van der Waals surface area contributed by atoms with E-state index in [9.17, 15) is 19.9 Å². The Balaban J connectivity index is 1.93. The van der Waals surface area contributed by atoms with Gasteiger partial charge >= 0.3 is 7.60 Å². The zero-order chi connectivity index (χ0) is 30.3. The minimum Gasteiger partial charge on any atom is -0.383 e. The minimum atomic E-state index is -3.70. The molecule has 3 aromatic rings. The number of benzene rings is 3. The molecule has 0 aliphatic carbocycles. The van der Waals surface area contributed by atoms with Crippen LogP contribution < -0.4 is 0 Å². The molecule has 0 aromatic heterocycles. The van der Waals surface area contributed by atoms with Crippen LogP contribution >= 0.6 is 7.60 Å². The van der Waals surface area contributed by atoms with E-state index in [2.05, 4.69) is 0 Å². The molecule has 0 saturated carbocycles. The van der Waals surface area contributed by atoms with Crippen LogP contribution in [0, 0.1) is 0 Å². The summed E-state index contributed by atoms with van der Waals surface area (Å²) >= 11 is 0. The van der Waals surface area contributed by atoms with Gasteiger partial charge in [0, 0.05) is 32.2 Å². The van der Waals surface area contributed by atoms with Gasteiger partial charge in [0.25, 0.3) is 0 Å². The van der Waals surface area contributed by atoms with Crippen LogP contribution in [0.1, 0.15) is 30.5 Å². The first-order valence-corrected chi connectivity index (χ1v) is 15.8. The summed E-state index contributed by atoms with van der Waals surface area (Å²) < 4.78 is 36.3. The Morgan fingerprint density at radius 1 is 0.738 bits per heavy atom. The van der Waals surface area contributed by atoms with Crippen molar-refractivity contribution < 1.29 is 38.4 Å². The lowest BCUT2D eigenvalue weighted by Gasteiger charge is -2.60. The molecular formula is C33H41O8P. The maximum absolute atomic E-state index is 13.4. The van der Waals surface area contributed by atoms with Gasteiger partial charge in [-0.3, -0.25) is 4.57 Å². The van der Waals surface area contributed by atoms with Gasteiger partial charge < -0.3 is 33.8 Å². The molecule has 8 nitrogen and oxygen atoms in total. The molecule has 1 saturated heterocycles. The lowest BCUT2D eigenvalue weighted by atomic mass is 9.59. The average Bonchev–Trinajstić information content (AvgIpc) is 2.98. The fourth-order valence-electron chi connectivity index (χ4n) is 5.77. The first-order valence-electron chi connectivity index (χ1n) is 14.2. The van der Waals surface area contributed by atoms with Gasteiger partial charge in [0.1, 0.15) is 17.3 Å². The van der Waals surface area contributed by atoms with E-state index >= 15 is 0 Å². The second kappa shape index (κ2) is 13.8. The Morgan fingerprint density at radius 2 is 1.17 bits per heavy atom. The predicted octanol–water partition coefficient (Wildman–Crippen LogP) is 5.06. The summed E-state index contributed by atoms with van der Waals surface area (Å²) in [5.41, 5.74) is -4.43. The van der Waals surface area contributed by atoms with Crippen molar-refractivity contribution in [3.8, 4) is 0 Å². The molecule has 226 valence electrons. The van der Waals surface area contributed by atoms with Crippen LogP contribution in [0.2, 0.25) is 0 Å². The van der Waals surface area contributed by atoms with Gasteiger partial charge in [0.15, 0.2) is 11.9 Å². The van der Waals surface area contributed by atoms with Crippen LogP contribution in [0.4, 0.5) is 0 Å². The SMILES string of the molecule is CCOP(=O)(C=C[C@@H]1O[C@@H](OC)[C@@](O)(Cc2ccccc2)[C@@](O)(Cc2ccccc2)[C@]1(O)Cc1ccccc1)OCC. The Bertz CT molecular complexity index is 1330. The first kappa shape index (κ1) is 32.3.